The van der Waals surface area contributed by atoms with Crippen LogP contribution in [0.5, 0.6) is 0 Å². The molecule has 132 valence electrons. The zero-order valence-corrected chi connectivity index (χ0v) is 18.0. The van der Waals surface area contributed by atoms with Gasteiger partial charge in [0.2, 0.25) is 0 Å². The largest absolute Gasteiger partial charge is 0.378 e. The van der Waals surface area contributed by atoms with Crippen LogP contribution in [0, 0.1) is 13.8 Å². The van der Waals surface area contributed by atoms with Gasteiger partial charge in [-0.15, -0.1) is 35.3 Å². The number of hydrogen-bond acceptors (Lipinski definition) is 4. The first kappa shape index (κ1) is 20.7. The number of aliphatic imine (C=N–C) groups is 1. The Bertz CT molecular complexity index is 681. The molecule has 0 aliphatic carbocycles. The molecule has 2 aromatic rings. The first-order valence-corrected chi connectivity index (χ1v) is 8.45. The van der Waals surface area contributed by atoms with E-state index in [-0.39, 0.29) is 24.0 Å². The van der Waals surface area contributed by atoms with Crippen molar-refractivity contribution in [2.75, 3.05) is 26.0 Å². The number of thiazole rings is 1. The Morgan fingerprint density at radius 3 is 2.50 bits per heavy atom. The van der Waals surface area contributed by atoms with Crippen molar-refractivity contribution in [2.24, 2.45) is 4.99 Å². The van der Waals surface area contributed by atoms with E-state index in [1.807, 2.05) is 27.9 Å². The van der Waals surface area contributed by atoms with E-state index in [9.17, 15) is 0 Å². The second-order valence-corrected chi connectivity index (χ2v) is 6.87. The number of benzene rings is 1. The SMILES string of the molecule is CN=C(NCc1cccc(N(C)C)c1)NCc1sc(C)nc1C.I. The molecule has 0 amide bonds. The molecule has 24 heavy (non-hydrogen) atoms. The molecule has 2 rings (SSSR count). The highest BCUT2D eigenvalue weighted by molar-refractivity contribution is 14.0. The maximum Gasteiger partial charge on any atom is 0.191 e. The quantitative estimate of drug-likeness (QED) is 0.409. The van der Waals surface area contributed by atoms with E-state index < -0.39 is 0 Å². The molecule has 0 radical (unpaired) electrons. The van der Waals surface area contributed by atoms with Gasteiger partial charge in [0.05, 0.1) is 17.2 Å². The van der Waals surface area contributed by atoms with Gasteiger partial charge in [0.15, 0.2) is 5.96 Å². The average molecular weight is 459 g/mol. The Kier molecular flexibility index (Phi) is 8.47. The fourth-order valence-corrected chi connectivity index (χ4v) is 3.13. The predicted molar refractivity (Wildman–Crippen MR) is 115 cm³/mol. The zero-order valence-electron chi connectivity index (χ0n) is 14.9. The molecule has 0 unspecified atom stereocenters. The Balaban J connectivity index is 0.00000288. The van der Waals surface area contributed by atoms with Gasteiger partial charge in [-0.05, 0) is 31.5 Å². The lowest BCUT2D eigenvalue weighted by Gasteiger charge is -2.15. The average Bonchev–Trinajstić information content (AvgIpc) is 2.85. The Morgan fingerprint density at radius 2 is 1.92 bits per heavy atom. The molecule has 1 heterocycles. The van der Waals surface area contributed by atoms with E-state index in [1.165, 1.54) is 16.1 Å². The molecule has 0 aliphatic heterocycles. The predicted octanol–water partition coefficient (Wildman–Crippen LogP) is 3.31. The van der Waals surface area contributed by atoms with Crippen LogP contribution in [-0.4, -0.2) is 32.1 Å². The third-order valence-electron chi connectivity index (χ3n) is 3.53. The monoisotopic (exact) mass is 459 g/mol. The lowest BCUT2D eigenvalue weighted by Crippen LogP contribution is -2.36. The van der Waals surface area contributed by atoms with Crippen LogP contribution in [0.25, 0.3) is 0 Å². The third-order valence-corrected chi connectivity index (χ3v) is 4.60. The number of hydrogen-bond donors (Lipinski definition) is 2. The van der Waals surface area contributed by atoms with Gasteiger partial charge in [-0.3, -0.25) is 4.99 Å². The molecule has 1 aromatic heterocycles. The smallest absolute Gasteiger partial charge is 0.191 e. The topological polar surface area (TPSA) is 52.6 Å². The molecule has 0 spiro atoms. The number of halogens is 1. The number of nitrogens with zero attached hydrogens (tertiary/aromatic N) is 3. The lowest BCUT2D eigenvalue weighted by atomic mass is 10.2. The van der Waals surface area contributed by atoms with E-state index in [4.69, 9.17) is 0 Å². The number of rotatable bonds is 5. The van der Waals surface area contributed by atoms with E-state index >= 15 is 0 Å². The highest BCUT2D eigenvalue weighted by atomic mass is 127. The minimum atomic E-state index is 0. The van der Waals surface area contributed by atoms with Crippen LogP contribution in [0.15, 0.2) is 29.3 Å². The lowest BCUT2D eigenvalue weighted by molar-refractivity contribution is 0.811. The number of aryl methyl sites for hydroxylation is 2. The van der Waals surface area contributed by atoms with Gasteiger partial charge >= 0.3 is 0 Å². The summed E-state index contributed by atoms with van der Waals surface area (Å²) in [6.45, 7) is 5.56. The fourth-order valence-electron chi connectivity index (χ4n) is 2.25. The van der Waals surface area contributed by atoms with Crippen molar-refractivity contribution in [3.8, 4) is 0 Å². The van der Waals surface area contributed by atoms with Gasteiger partial charge in [-0.25, -0.2) is 4.98 Å². The molecule has 0 saturated heterocycles. The van der Waals surface area contributed by atoms with Crippen LogP contribution < -0.4 is 15.5 Å². The van der Waals surface area contributed by atoms with E-state index in [1.54, 1.807) is 18.4 Å². The van der Waals surface area contributed by atoms with Crippen molar-refractivity contribution in [1.82, 2.24) is 15.6 Å². The summed E-state index contributed by atoms with van der Waals surface area (Å²) >= 11 is 1.72. The summed E-state index contributed by atoms with van der Waals surface area (Å²) in [6.07, 6.45) is 0. The molecule has 7 heteroatoms. The molecule has 1 aromatic carbocycles. The van der Waals surface area contributed by atoms with Crippen LogP contribution >= 0.6 is 35.3 Å². The van der Waals surface area contributed by atoms with Crippen molar-refractivity contribution in [1.29, 1.82) is 0 Å². The molecule has 5 nitrogen and oxygen atoms in total. The van der Waals surface area contributed by atoms with Crippen molar-refractivity contribution >= 4 is 47.0 Å². The molecule has 0 atom stereocenters. The number of nitrogens with one attached hydrogen (secondary N) is 2. The molecular formula is C17H26IN5S. The first-order chi connectivity index (χ1) is 11.0. The first-order valence-electron chi connectivity index (χ1n) is 7.63. The van der Waals surface area contributed by atoms with Gasteiger partial charge in [-0.1, -0.05) is 12.1 Å². The second kappa shape index (κ2) is 9.83. The van der Waals surface area contributed by atoms with Crippen molar-refractivity contribution in [2.45, 2.75) is 26.9 Å². The number of aromatic nitrogens is 1. The number of anilines is 1. The molecular weight excluding hydrogens is 433 g/mol. The van der Waals surface area contributed by atoms with Crippen molar-refractivity contribution in [3.63, 3.8) is 0 Å². The zero-order chi connectivity index (χ0) is 16.8. The fraction of sp³-hybridized carbons (Fsp3) is 0.412. The Morgan fingerprint density at radius 1 is 1.21 bits per heavy atom. The minimum Gasteiger partial charge on any atom is -0.378 e. The maximum absolute atomic E-state index is 4.45. The Hall–Kier alpha value is -1.35. The van der Waals surface area contributed by atoms with Gasteiger partial charge in [0.1, 0.15) is 0 Å². The Labute approximate surface area is 165 Å². The minimum absolute atomic E-state index is 0. The summed E-state index contributed by atoms with van der Waals surface area (Å²) in [5.74, 6) is 0.797. The second-order valence-electron chi connectivity index (χ2n) is 5.59. The van der Waals surface area contributed by atoms with Crippen LogP contribution in [0.2, 0.25) is 0 Å². The molecule has 0 bridgehead atoms. The summed E-state index contributed by atoms with van der Waals surface area (Å²) < 4.78 is 0. The summed E-state index contributed by atoms with van der Waals surface area (Å²) in [5.41, 5.74) is 3.51. The standard InChI is InChI=1S/C17H25N5S.HI/c1-12-16(23-13(2)21-12)11-20-17(18-3)19-10-14-7-6-8-15(9-14)22(4)5;/h6-9H,10-11H2,1-5H3,(H2,18,19,20);1H. The van der Waals surface area contributed by atoms with Gasteiger partial charge in [0.25, 0.3) is 0 Å². The van der Waals surface area contributed by atoms with Gasteiger partial charge in [-0.2, -0.15) is 0 Å². The van der Waals surface area contributed by atoms with Crippen LogP contribution in [0.4, 0.5) is 5.69 Å². The van der Waals surface area contributed by atoms with E-state index in [0.717, 1.165) is 29.8 Å². The third kappa shape index (κ3) is 5.94. The molecule has 0 saturated carbocycles. The van der Waals surface area contributed by atoms with E-state index in [2.05, 4.69) is 49.8 Å². The normalized spacial score (nSPS) is 11.0. The summed E-state index contributed by atoms with van der Waals surface area (Å²) in [4.78, 5) is 12.1. The highest BCUT2D eigenvalue weighted by Crippen LogP contribution is 2.16. The van der Waals surface area contributed by atoms with Gasteiger partial charge < -0.3 is 15.5 Å². The summed E-state index contributed by atoms with van der Waals surface area (Å²) in [7, 11) is 5.88. The molecule has 2 N–H and O–H groups in total. The van der Waals surface area contributed by atoms with Crippen LogP contribution in [0.1, 0.15) is 21.1 Å². The molecule has 0 fully saturated rings. The highest BCUT2D eigenvalue weighted by Gasteiger charge is 2.06. The van der Waals surface area contributed by atoms with Crippen LogP contribution in [0.3, 0.4) is 0 Å². The van der Waals surface area contributed by atoms with Gasteiger partial charge in [0, 0.05) is 38.3 Å². The number of guanidine groups is 1. The van der Waals surface area contributed by atoms with Crippen molar-refractivity contribution in [3.05, 3.63) is 45.4 Å². The van der Waals surface area contributed by atoms with E-state index in [0.29, 0.717) is 0 Å². The molecule has 0 aliphatic rings. The summed E-state index contributed by atoms with van der Waals surface area (Å²) in [5, 5.41) is 7.80. The maximum atomic E-state index is 4.45. The van der Waals surface area contributed by atoms with Crippen molar-refractivity contribution < 1.29 is 0 Å². The van der Waals surface area contributed by atoms with Crippen LogP contribution in [-0.2, 0) is 13.1 Å². The summed E-state index contributed by atoms with van der Waals surface area (Å²) in [6, 6.07) is 8.47.